The van der Waals surface area contributed by atoms with Crippen LogP contribution in [0.4, 0.5) is 5.69 Å². The molecule has 5 nitrogen and oxygen atoms in total. The van der Waals surface area contributed by atoms with Crippen molar-refractivity contribution in [2.45, 2.75) is 52.2 Å². The lowest BCUT2D eigenvalue weighted by atomic mass is 10.1. The molecule has 0 bridgehead atoms. The Balaban J connectivity index is 2.05. The molecule has 1 unspecified atom stereocenters. The number of rotatable bonds is 7. The molecule has 2 rings (SSSR count). The van der Waals surface area contributed by atoms with Crippen molar-refractivity contribution in [3.05, 3.63) is 29.8 Å². The zero-order valence-electron chi connectivity index (χ0n) is 16.4. The normalized spacial score (nSPS) is 16.8. The molecule has 2 N–H and O–H groups in total. The van der Waals surface area contributed by atoms with Crippen molar-refractivity contribution >= 4 is 11.6 Å². The first-order chi connectivity index (χ1) is 11.9. The summed E-state index contributed by atoms with van der Waals surface area (Å²) in [5.74, 6) is 0.826. The number of anilines is 1. The number of hydrogen-bond acceptors (Lipinski definition) is 3. The lowest BCUT2D eigenvalue weighted by molar-refractivity contribution is 0.0310. The molecule has 1 atom stereocenters. The van der Waals surface area contributed by atoms with E-state index in [1.807, 2.05) is 13.8 Å². The van der Waals surface area contributed by atoms with Gasteiger partial charge >= 0.3 is 0 Å². The highest BCUT2D eigenvalue weighted by molar-refractivity contribution is 5.80. The molecule has 0 saturated carbocycles. The van der Waals surface area contributed by atoms with Crippen LogP contribution in [0.1, 0.15) is 52.1 Å². The van der Waals surface area contributed by atoms with Gasteiger partial charge in [0, 0.05) is 32.4 Å². The molecule has 0 radical (unpaired) electrons. The Hall–Kier alpha value is -1.75. The van der Waals surface area contributed by atoms with E-state index in [2.05, 4.69) is 58.6 Å². The van der Waals surface area contributed by atoms with Crippen molar-refractivity contribution in [3.8, 4) is 0 Å². The Kier molecular flexibility index (Phi) is 7.12. The van der Waals surface area contributed by atoms with Gasteiger partial charge < -0.3 is 20.3 Å². The topological polar surface area (TPSA) is 48.9 Å². The van der Waals surface area contributed by atoms with E-state index in [1.54, 1.807) is 7.11 Å². The molecule has 25 heavy (non-hydrogen) atoms. The third kappa shape index (κ3) is 5.92. The molecule has 1 fully saturated rings. The van der Waals surface area contributed by atoms with Crippen LogP contribution in [0.15, 0.2) is 29.3 Å². The summed E-state index contributed by atoms with van der Waals surface area (Å²) < 4.78 is 5.46. The van der Waals surface area contributed by atoms with Crippen molar-refractivity contribution in [2.75, 3.05) is 38.2 Å². The van der Waals surface area contributed by atoms with Crippen molar-refractivity contribution < 1.29 is 4.74 Å². The lowest BCUT2D eigenvalue weighted by Gasteiger charge is -2.24. The average Bonchev–Trinajstić information content (AvgIpc) is 3.15. The molecule has 0 amide bonds. The zero-order valence-corrected chi connectivity index (χ0v) is 16.4. The van der Waals surface area contributed by atoms with Crippen LogP contribution in [0.5, 0.6) is 0 Å². The van der Waals surface area contributed by atoms with Crippen LogP contribution in [0, 0.1) is 0 Å². The number of methoxy groups -OCH3 is 1. The van der Waals surface area contributed by atoms with Gasteiger partial charge in [-0.1, -0.05) is 12.1 Å². The van der Waals surface area contributed by atoms with E-state index >= 15 is 0 Å². The Labute approximate surface area is 152 Å². The Bertz CT molecular complexity index is 565. The van der Waals surface area contributed by atoms with Gasteiger partial charge in [0.15, 0.2) is 5.96 Å². The molecule has 1 saturated heterocycles. The van der Waals surface area contributed by atoms with Gasteiger partial charge in [-0.2, -0.15) is 0 Å². The van der Waals surface area contributed by atoms with Crippen molar-refractivity contribution in [1.29, 1.82) is 0 Å². The molecule has 0 aliphatic carbocycles. The third-order valence-electron chi connectivity index (χ3n) is 4.71. The minimum absolute atomic E-state index is 0.186. The molecule has 1 aromatic rings. The molecular formula is C20H34N4O. The van der Waals surface area contributed by atoms with E-state index in [-0.39, 0.29) is 11.6 Å². The first-order valence-electron chi connectivity index (χ1n) is 9.40. The van der Waals surface area contributed by atoms with Crippen molar-refractivity contribution in [1.82, 2.24) is 10.6 Å². The summed E-state index contributed by atoms with van der Waals surface area (Å²) in [5.41, 5.74) is 2.34. The Morgan fingerprint density at radius 3 is 2.68 bits per heavy atom. The van der Waals surface area contributed by atoms with Gasteiger partial charge in [-0.15, -0.1) is 0 Å². The van der Waals surface area contributed by atoms with Gasteiger partial charge in [0.1, 0.15) is 0 Å². The maximum Gasteiger partial charge on any atom is 0.191 e. The quantitative estimate of drug-likeness (QED) is 0.587. The van der Waals surface area contributed by atoms with Gasteiger partial charge in [0.25, 0.3) is 0 Å². The molecule has 0 aromatic heterocycles. The third-order valence-corrected chi connectivity index (χ3v) is 4.71. The lowest BCUT2D eigenvalue weighted by Crippen LogP contribution is -2.40. The zero-order chi connectivity index (χ0) is 18.3. The number of guanidine groups is 1. The van der Waals surface area contributed by atoms with Crippen LogP contribution in [-0.2, 0) is 4.74 Å². The number of aliphatic imine (C=N–C) groups is 1. The number of hydrogen-bond donors (Lipinski definition) is 2. The number of benzene rings is 1. The fourth-order valence-corrected chi connectivity index (χ4v) is 2.91. The van der Waals surface area contributed by atoms with Crippen LogP contribution in [-0.4, -0.2) is 44.8 Å². The summed E-state index contributed by atoms with van der Waals surface area (Å²) in [7, 11) is 1.72. The molecule has 5 heteroatoms. The second kappa shape index (κ2) is 9.09. The summed E-state index contributed by atoms with van der Waals surface area (Å²) in [6, 6.07) is 9.03. The molecule has 140 valence electrons. The van der Waals surface area contributed by atoms with Crippen molar-refractivity contribution in [3.63, 3.8) is 0 Å². The van der Waals surface area contributed by atoms with E-state index in [0.29, 0.717) is 6.54 Å². The maximum absolute atomic E-state index is 5.46. The van der Waals surface area contributed by atoms with Crippen LogP contribution in [0.2, 0.25) is 0 Å². The summed E-state index contributed by atoms with van der Waals surface area (Å²) in [4.78, 5) is 7.15. The fraction of sp³-hybridized carbons (Fsp3) is 0.650. The SMILES string of the molecule is CCNC(=NCC(C)(C)OC)NC(C)c1cccc(N2CCCC2)c1. The second-order valence-electron chi connectivity index (χ2n) is 7.31. The van der Waals surface area contributed by atoms with E-state index in [1.165, 1.54) is 37.2 Å². The largest absolute Gasteiger partial charge is 0.377 e. The predicted octanol–water partition coefficient (Wildman–Crippen LogP) is 3.33. The highest BCUT2D eigenvalue weighted by atomic mass is 16.5. The summed E-state index contributed by atoms with van der Waals surface area (Å²) in [5, 5.41) is 6.84. The minimum atomic E-state index is -0.263. The smallest absolute Gasteiger partial charge is 0.191 e. The Morgan fingerprint density at radius 2 is 2.04 bits per heavy atom. The van der Waals surface area contributed by atoms with E-state index in [9.17, 15) is 0 Å². The molecule has 0 spiro atoms. The fourth-order valence-electron chi connectivity index (χ4n) is 2.91. The summed E-state index contributed by atoms with van der Waals surface area (Å²) in [6.07, 6.45) is 2.59. The monoisotopic (exact) mass is 346 g/mol. The first-order valence-corrected chi connectivity index (χ1v) is 9.40. The molecule has 1 aromatic carbocycles. The highest BCUT2D eigenvalue weighted by Gasteiger charge is 2.17. The predicted molar refractivity (Wildman–Crippen MR) is 107 cm³/mol. The molecule has 1 aliphatic heterocycles. The van der Waals surface area contributed by atoms with E-state index in [0.717, 1.165) is 12.5 Å². The minimum Gasteiger partial charge on any atom is -0.377 e. The van der Waals surface area contributed by atoms with E-state index in [4.69, 9.17) is 4.74 Å². The second-order valence-corrected chi connectivity index (χ2v) is 7.31. The van der Waals surface area contributed by atoms with Crippen molar-refractivity contribution in [2.24, 2.45) is 4.99 Å². The maximum atomic E-state index is 5.46. The molecular weight excluding hydrogens is 312 g/mol. The first kappa shape index (κ1) is 19.6. The number of nitrogens with zero attached hydrogens (tertiary/aromatic N) is 2. The standard InChI is InChI=1S/C20H34N4O/c1-6-21-19(22-15-20(3,4)25-5)23-16(2)17-10-9-11-18(14-17)24-12-7-8-13-24/h9-11,14,16H,6-8,12-13,15H2,1-5H3,(H2,21,22,23). The van der Waals surface area contributed by atoms with Gasteiger partial charge in [0.2, 0.25) is 0 Å². The summed E-state index contributed by atoms with van der Waals surface area (Å²) >= 11 is 0. The van der Waals surface area contributed by atoms with Gasteiger partial charge in [-0.05, 0) is 58.2 Å². The van der Waals surface area contributed by atoms with Gasteiger partial charge in [-0.25, -0.2) is 0 Å². The van der Waals surface area contributed by atoms with Crippen LogP contribution >= 0.6 is 0 Å². The molecule has 1 heterocycles. The number of nitrogens with one attached hydrogen (secondary N) is 2. The summed E-state index contributed by atoms with van der Waals surface area (Å²) in [6.45, 7) is 12.1. The van der Waals surface area contributed by atoms with Gasteiger partial charge in [-0.3, -0.25) is 4.99 Å². The average molecular weight is 347 g/mol. The van der Waals surface area contributed by atoms with Crippen LogP contribution in [0.3, 0.4) is 0 Å². The van der Waals surface area contributed by atoms with Crippen LogP contribution in [0.25, 0.3) is 0 Å². The van der Waals surface area contributed by atoms with Gasteiger partial charge in [0.05, 0.1) is 18.2 Å². The van der Waals surface area contributed by atoms with Crippen LogP contribution < -0.4 is 15.5 Å². The van der Waals surface area contributed by atoms with E-state index < -0.39 is 0 Å². The molecule has 1 aliphatic rings. The number of ether oxygens (including phenoxy) is 1. The Morgan fingerprint density at radius 1 is 1.32 bits per heavy atom. The highest BCUT2D eigenvalue weighted by Crippen LogP contribution is 2.24.